The maximum atomic E-state index is 12.5. The Hall–Kier alpha value is -2.28. The number of rotatable bonds is 3. The molecule has 4 rings (SSSR count). The zero-order chi connectivity index (χ0) is 19.3. The van der Waals surface area contributed by atoms with Crippen molar-refractivity contribution in [2.24, 2.45) is 0 Å². The average Bonchev–Trinajstić information content (AvgIpc) is 3.29. The highest BCUT2D eigenvalue weighted by molar-refractivity contribution is 5.94. The van der Waals surface area contributed by atoms with Gasteiger partial charge in [-0.2, -0.15) is 0 Å². The van der Waals surface area contributed by atoms with Crippen molar-refractivity contribution >= 4 is 11.9 Å². The van der Waals surface area contributed by atoms with Crippen molar-refractivity contribution in [1.82, 2.24) is 14.7 Å². The third kappa shape index (κ3) is 4.41. The molecular formula is C21H29N3O4. The lowest BCUT2D eigenvalue weighted by molar-refractivity contribution is 0.0360. The van der Waals surface area contributed by atoms with E-state index in [0.29, 0.717) is 39.4 Å². The zero-order valence-corrected chi connectivity index (χ0v) is 16.3. The summed E-state index contributed by atoms with van der Waals surface area (Å²) < 4.78 is 11.4. The van der Waals surface area contributed by atoms with Gasteiger partial charge in [0.05, 0.1) is 13.2 Å². The lowest BCUT2D eigenvalue weighted by atomic mass is 10.1. The standard InChI is InChI=1S/C21H29N3O4/c25-20(22-9-1-2-10-22)17-3-5-18(6-4-17)28-19-7-11-23(12-8-19)21(26)24-13-15-27-16-14-24/h3-6,19H,1-2,7-16H2. The number of carbonyl (C=O) groups excluding carboxylic acids is 2. The second kappa shape index (κ2) is 8.82. The topological polar surface area (TPSA) is 62.3 Å². The average molecular weight is 387 g/mol. The third-order valence-electron chi connectivity index (χ3n) is 5.79. The normalized spacial score (nSPS) is 21.1. The number of piperidine rings is 1. The molecule has 0 spiro atoms. The van der Waals surface area contributed by atoms with Gasteiger partial charge in [-0.05, 0) is 37.1 Å². The minimum Gasteiger partial charge on any atom is -0.490 e. The van der Waals surface area contributed by atoms with Gasteiger partial charge >= 0.3 is 6.03 Å². The number of urea groups is 1. The summed E-state index contributed by atoms with van der Waals surface area (Å²) in [6.07, 6.45) is 3.95. The van der Waals surface area contributed by atoms with E-state index < -0.39 is 0 Å². The molecule has 0 atom stereocenters. The molecule has 0 N–H and O–H groups in total. The highest BCUT2D eigenvalue weighted by Crippen LogP contribution is 2.22. The van der Waals surface area contributed by atoms with E-state index in [0.717, 1.165) is 50.1 Å². The van der Waals surface area contributed by atoms with Crippen molar-refractivity contribution < 1.29 is 19.1 Å². The minimum atomic E-state index is 0.105. The fraction of sp³-hybridized carbons (Fsp3) is 0.619. The number of morpholine rings is 1. The molecule has 0 radical (unpaired) electrons. The largest absolute Gasteiger partial charge is 0.490 e. The van der Waals surface area contributed by atoms with Crippen LogP contribution in [0.25, 0.3) is 0 Å². The van der Waals surface area contributed by atoms with Crippen LogP contribution in [0.5, 0.6) is 5.75 Å². The molecule has 28 heavy (non-hydrogen) atoms. The number of carbonyl (C=O) groups is 2. The zero-order valence-electron chi connectivity index (χ0n) is 16.3. The SMILES string of the molecule is O=C(c1ccc(OC2CCN(C(=O)N3CCOCC3)CC2)cc1)N1CCCC1. The summed E-state index contributed by atoms with van der Waals surface area (Å²) in [5.41, 5.74) is 0.722. The highest BCUT2D eigenvalue weighted by atomic mass is 16.5. The van der Waals surface area contributed by atoms with E-state index in [4.69, 9.17) is 9.47 Å². The van der Waals surface area contributed by atoms with Gasteiger partial charge in [0.2, 0.25) is 0 Å². The van der Waals surface area contributed by atoms with E-state index in [2.05, 4.69) is 0 Å². The number of amides is 3. The monoisotopic (exact) mass is 387 g/mol. The van der Waals surface area contributed by atoms with E-state index in [1.807, 2.05) is 39.0 Å². The Labute approximate surface area is 166 Å². The maximum absolute atomic E-state index is 12.5. The van der Waals surface area contributed by atoms with Crippen LogP contribution in [0.2, 0.25) is 0 Å². The lowest BCUT2D eigenvalue weighted by Gasteiger charge is -2.37. The van der Waals surface area contributed by atoms with Crippen molar-refractivity contribution in [3.05, 3.63) is 29.8 Å². The van der Waals surface area contributed by atoms with Crippen molar-refractivity contribution in [2.45, 2.75) is 31.8 Å². The molecule has 1 aromatic rings. The summed E-state index contributed by atoms with van der Waals surface area (Å²) in [6.45, 7) is 5.76. The first-order valence-corrected chi connectivity index (χ1v) is 10.4. The molecule has 0 unspecified atom stereocenters. The number of hydrogen-bond acceptors (Lipinski definition) is 4. The molecule has 3 amide bonds. The molecule has 7 heteroatoms. The Kier molecular flexibility index (Phi) is 6.00. The third-order valence-corrected chi connectivity index (χ3v) is 5.79. The van der Waals surface area contributed by atoms with E-state index >= 15 is 0 Å². The van der Waals surface area contributed by atoms with Crippen LogP contribution in [-0.4, -0.2) is 85.2 Å². The molecule has 3 heterocycles. The maximum Gasteiger partial charge on any atom is 0.320 e. The molecule has 0 aromatic heterocycles. The molecule has 3 aliphatic rings. The number of likely N-dealkylation sites (tertiary alicyclic amines) is 2. The molecular weight excluding hydrogens is 358 g/mol. The number of hydrogen-bond donors (Lipinski definition) is 0. The van der Waals surface area contributed by atoms with Gasteiger partial charge in [-0.3, -0.25) is 4.79 Å². The van der Waals surface area contributed by atoms with Gasteiger partial charge in [0.1, 0.15) is 11.9 Å². The second-order valence-electron chi connectivity index (χ2n) is 7.71. The van der Waals surface area contributed by atoms with Gasteiger partial charge in [-0.25, -0.2) is 4.79 Å². The Morgan fingerprint density at radius 2 is 1.43 bits per heavy atom. The molecule has 3 aliphatic heterocycles. The van der Waals surface area contributed by atoms with Crippen LogP contribution in [-0.2, 0) is 4.74 Å². The van der Waals surface area contributed by atoms with Crippen LogP contribution >= 0.6 is 0 Å². The van der Waals surface area contributed by atoms with Gasteiger partial charge in [0.25, 0.3) is 5.91 Å². The molecule has 0 saturated carbocycles. The molecule has 1 aromatic carbocycles. The summed E-state index contributed by atoms with van der Waals surface area (Å²) in [5.74, 6) is 0.898. The summed E-state index contributed by atoms with van der Waals surface area (Å²) in [4.78, 5) is 30.7. The number of nitrogens with zero attached hydrogens (tertiary/aromatic N) is 3. The molecule has 7 nitrogen and oxygen atoms in total. The Morgan fingerprint density at radius 3 is 2.07 bits per heavy atom. The summed E-state index contributed by atoms with van der Waals surface area (Å²) in [5, 5.41) is 0. The first kappa shape index (κ1) is 19.1. The van der Waals surface area contributed by atoms with Crippen LogP contribution in [0.1, 0.15) is 36.0 Å². The summed E-state index contributed by atoms with van der Waals surface area (Å²) >= 11 is 0. The minimum absolute atomic E-state index is 0.105. The Balaban J connectivity index is 1.25. The fourth-order valence-corrected chi connectivity index (χ4v) is 4.09. The first-order chi connectivity index (χ1) is 13.7. The van der Waals surface area contributed by atoms with Crippen molar-refractivity contribution in [1.29, 1.82) is 0 Å². The predicted molar refractivity (Wildman–Crippen MR) is 105 cm³/mol. The molecule has 3 fully saturated rings. The van der Waals surface area contributed by atoms with Gasteiger partial charge in [-0.15, -0.1) is 0 Å². The van der Waals surface area contributed by atoms with Crippen LogP contribution in [0.3, 0.4) is 0 Å². The second-order valence-corrected chi connectivity index (χ2v) is 7.71. The van der Waals surface area contributed by atoms with Gasteiger partial charge in [0.15, 0.2) is 0 Å². The summed E-state index contributed by atoms with van der Waals surface area (Å²) in [7, 11) is 0. The van der Waals surface area contributed by atoms with Crippen molar-refractivity contribution in [2.75, 3.05) is 52.5 Å². The molecule has 0 bridgehead atoms. The van der Waals surface area contributed by atoms with E-state index in [-0.39, 0.29) is 18.0 Å². The Morgan fingerprint density at radius 1 is 0.821 bits per heavy atom. The quantitative estimate of drug-likeness (QED) is 0.798. The molecule has 0 aliphatic carbocycles. The number of ether oxygens (including phenoxy) is 2. The van der Waals surface area contributed by atoms with Crippen LogP contribution in [0.4, 0.5) is 4.79 Å². The summed E-state index contributed by atoms with van der Waals surface area (Å²) in [6, 6.07) is 7.59. The van der Waals surface area contributed by atoms with E-state index in [9.17, 15) is 9.59 Å². The Bertz CT molecular complexity index is 673. The molecule has 3 saturated heterocycles. The van der Waals surface area contributed by atoms with Crippen LogP contribution in [0, 0.1) is 0 Å². The predicted octanol–water partition coefficient (Wildman–Crippen LogP) is 2.22. The van der Waals surface area contributed by atoms with Crippen LogP contribution < -0.4 is 4.74 Å². The van der Waals surface area contributed by atoms with Gasteiger partial charge in [0, 0.05) is 57.7 Å². The van der Waals surface area contributed by atoms with Crippen molar-refractivity contribution in [3.63, 3.8) is 0 Å². The van der Waals surface area contributed by atoms with E-state index in [1.54, 1.807) is 0 Å². The van der Waals surface area contributed by atoms with Crippen LogP contribution in [0.15, 0.2) is 24.3 Å². The molecule has 152 valence electrons. The smallest absolute Gasteiger partial charge is 0.320 e. The number of benzene rings is 1. The van der Waals surface area contributed by atoms with Crippen molar-refractivity contribution in [3.8, 4) is 5.75 Å². The van der Waals surface area contributed by atoms with Gasteiger partial charge in [-0.1, -0.05) is 0 Å². The lowest BCUT2D eigenvalue weighted by Crippen LogP contribution is -2.51. The van der Waals surface area contributed by atoms with E-state index in [1.165, 1.54) is 0 Å². The first-order valence-electron chi connectivity index (χ1n) is 10.4. The van der Waals surface area contributed by atoms with Gasteiger partial charge < -0.3 is 24.2 Å². The highest BCUT2D eigenvalue weighted by Gasteiger charge is 2.28. The fourth-order valence-electron chi connectivity index (χ4n) is 4.09.